The molecule has 2 rings (SSSR count). The Kier molecular flexibility index (Phi) is 4.09. The maximum atomic E-state index is 13.0. The van der Waals surface area contributed by atoms with Crippen LogP contribution in [0.2, 0.25) is 0 Å². The summed E-state index contributed by atoms with van der Waals surface area (Å²) < 4.78 is 13.0. The SMILES string of the molecule is Cc1nc(NC(=O)c2cccc(F)c2)sc1CC(=O)O. The van der Waals surface area contributed by atoms with E-state index in [0.29, 0.717) is 15.7 Å². The summed E-state index contributed by atoms with van der Waals surface area (Å²) in [6.45, 7) is 1.67. The second-order valence-corrected chi connectivity index (χ2v) is 5.15. The van der Waals surface area contributed by atoms with E-state index in [1.807, 2.05) is 0 Å². The van der Waals surface area contributed by atoms with E-state index in [9.17, 15) is 14.0 Å². The minimum atomic E-state index is -0.959. The number of carboxylic acid groups (broad SMARTS) is 1. The standard InChI is InChI=1S/C13H11FN2O3S/c1-7-10(6-11(17)18)20-13(15-7)16-12(19)8-3-2-4-9(14)5-8/h2-5H,6H2,1H3,(H,17,18)(H,15,16,19). The minimum absolute atomic E-state index is 0.140. The number of aromatic nitrogens is 1. The van der Waals surface area contributed by atoms with Gasteiger partial charge in [-0.3, -0.25) is 14.9 Å². The van der Waals surface area contributed by atoms with E-state index in [1.54, 1.807) is 6.92 Å². The van der Waals surface area contributed by atoms with E-state index in [-0.39, 0.29) is 12.0 Å². The molecule has 2 N–H and O–H groups in total. The Labute approximate surface area is 118 Å². The number of carbonyl (C=O) groups is 2. The maximum Gasteiger partial charge on any atom is 0.308 e. The summed E-state index contributed by atoms with van der Waals surface area (Å²) in [5, 5.41) is 11.6. The normalized spacial score (nSPS) is 10.3. The van der Waals surface area contributed by atoms with Gasteiger partial charge in [0.25, 0.3) is 5.91 Å². The summed E-state index contributed by atoms with van der Waals surface area (Å²) in [5.41, 5.74) is 0.740. The van der Waals surface area contributed by atoms with Crippen molar-refractivity contribution in [3.8, 4) is 0 Å². The summed E-state index contributed by atoms with van der Waals surface area (Å²) in [6, 6.07) is 5.29. The summed E-state index contributed by atoms with van der Waals surface area (Å²) in [4.78, 5) is 27.2. The lowest BCUT2D eigenvalue weighted by Crippen LogP contribution is -2.11. The quantitative estimate of drug-likeness (QED) is 0.908. The number of anilines is 1. The number of benzene rings is 1. The van der Waals surface area contributed by atoms with E-state index in [4.69, 9.17) is 5.11 Å². The van der Waals surface area contributed by atoms with Gasteiger partial charge >= 0.3 is 5.97 Å². The Bertz CT molecular complexity index is 669. The average molecular weight is 294 g/mol. The van der Waals surface area contributed by atoms with E-state index < -0.39 is 17.7 Å². The second-order valence-electron chi connectivity index (χ2n) is 4.06. The van der Waals surface area contributed by atoms with Gasteiger partial charge in [-0.05, 0) is 25.1 Å². The number of hydrogen-bond acceptors (Lipinski definition) is 4. The van der Waals surface area contributed by atoms with Crippen LogP contribution >= 0.6 is 11.3 Å². The number of nitrogens with one attached hydrogen (secondary N) is 1. The van der Waals surface area contributed by atoms with Gasteiger partial charge in [0.15, 0.2) is 5.13 Å². The van der Waals surface area contributed by atoms with Gasteiger partial charge in [-0.25, -0.2) is 9.37 Å². The summed E-state index contributed by atoms with van der Waals surface area (Å²) in [7, 11) is 0. The van der Waals surface area contributed by atoms with E-state index in [0.717, 1.165) is 17.4 Å². The molecule has 0 bridgehead atoms. The van der Waals surface area contributed by atoms with Gasteiger partial charge in [0.2, 0.25) is 0 Å². The highest BCUT2D eigenvalue weighted by molar-refractivity contribution is 7.16. The lowest BCUT2D eigenvalue weighted by atomic mass is 10.2. The van der Waals surface area contributed by atoms with Crippen LogP contribution in [0.25, 0.3) is 0 Å². The molecule has 5 nitrogen and oxygen atoms in total. The Hall–Kier alpha value is -2.28. The Morgan fingerprint density at radius 1 is 1.45 bits per heavy atom. The number of amides is 1. The lowest BCUT2D eigenvalue weighted by molar-refractivity contribution is -0.136. The third-order valence-corrected chi connectivity index (χ3v) is 3.58. The van der Waals surface area contributed by atoms with Crippen molar-refractivity contribution >= 4 is 28.3 Å². The second kappa shape index (κ2) is 5.79. The van der Waals surface area contributed by atoms with Crippen molar-refractivity contribution in [3.05, 3.63) is 46.2 Å². The van der Waals surface area contributed by atoms with Crippen molar-refractivity contribution in [1.29, 1.82) is 0 Å². The molecular weight excluding hydrogens is 283 g/mol. The first-order chi connectivity index (χ1) is 9.45. The Morgan fingerprint density at radius 3 is 2.85 bits per heavy atom. The molecule has 20 heavy (non-hydrogen) atoms. The molecule has 0 aliphatic carbocycles. The van der Waals surface area contributed by atoms with Gasteiger partial charge in [0.1, 0.15) is 5.82 Å². The van der Waals surface area contributed by atoms with Gasteiger partial charge in [-0.2, -0.15) is 0 Å². The molecule has 0 saturated carbocycles. The zero-order valence-corrected chi connectivity index (χ0v) is 11.3. The molecule has 0 spiro atoms. The van der Waals surface area contributed by atoms with Crippen molar-refractivity contribution in [3.63, 3.8) is 0 Å². The molecule has 1 aromatic carbocycles. The van der Waals surface area contributed by atoms with E-state index in [2.05, 4.69) is 10.3 Å². The van der Waals surface area contributed by atoms with Crippen LogP contribution in [0.15, 0.2) is 24.3 Å². The highest BCUT2D eigenvalue weighted by Crippen LogP contribution is 2.23. The van der Waals surface area contributed by atoms with E-state index in [1.165, 1.54) is 18.2 Å². The molecule has 104 valence electrons. The fourth-order valence-corrected chi connectivity index (χ4v) is 2.53. The highest BCUT2D eigenvalue weighted by Gasteiger charge is 2.14. The molecule has 2 aromatic rings. The predicted octanol–water partition coefficient (Wildman–Crippen LogP) is 2.47. The van der Waals surface area contributed by atoms with Crippen LogP contribution in [0.4, 0.5) is 9.52 Å². The fourth-order valence-electron chi connectivity index (χ4n) is 1.58. The first kappa shape index (κ1) is 14.1. The van der Waals surface area contributed by atoms with Gasteiger partial charge in [-0.15, -0.1) is 11.3 Å². The number of carbonyl (C=O) groups excluding carboxylic acids is 1. The minimum Gasteiger partial charge on any atom is -0.481 e. The zero-order valence-electron chi connectivity index (χ0n) is 10.5. The topological polar surface area (TPSA) is 79.3 Å². The molecule has 1 aromatic heterocycles. The maximum absolute atomic E-state index is 13.0. The molecular formula is C13H11FN2O3S. The zero-order chi connectivity index (χ0) is 14.7. The molecule has 0 radical (unpaired) electrons. The largest absolute Gasteiger partial charge is 0.481 e. The highest BCUT2D eigenvalue weighted by atomic mass is 32.1. The predicted molar refractivity (Wildman–Crippen MR) is 72.5 cm³/mol. The first-order valence-electron chi connectivity index (χ1n) is 5.70. The number of rotatable bonds is 4. The van der Waals surface area contributed by atoms with Crippen molar-refractivity contribution in [1.82, 2.24) is 4.98 Å². The number of hydrogen-bond donors (Lipinski definition) is 2. The van der Waals surface area contributed by atoms with Crippen molar-refractivity contribution in [2.45, 2.75) is 13.3 Å². The number of aliphatic carboxylic acids is 1. The molecule has 1 heterocycles. The van der Waals surface area contributed by atoms with Crippen LogP contribution in [-0.4, -0.2) is 22.0 Å². The molecule has 0 fully saturated rings. The average Bonchev–Trinajstić information content (AvgIpc) is 2.68. The summed E-state index contributed by atoms with van der Waals surface area (Å²) >= 11 is 1.10. The van der Waals surface area contributed by atoms with E-state index >= 15 is 0 Å². The molecule has 0 aliphatic heterocycles. The first-order valence-corrected chi connectivity index (χ1v) is 6.52. The molecule has 0 unspecified atom stereocenters. The van der Waals surface area contributed by atoms with Crippen molar-refractivity contribution < 1.29 is 19.1 Å². The third kappa shape index (κ3) is 3.39. The summed E-state index contributed by atoms with van der Waals surface area (Å²) in [6.07, 6.45) is -0.140. The monoisotopic (exact) mass is 294 g/mol. The number of thiazole rings is 1. The molecule has 0 atom stereocenters. The Balaban J connectivity index is 2.14. The lowest BCUT2D eigenvalue weighted by Gasteiger charge is -2.01. The molecule has 1 amide bonds. The number of halogens is 1. The van der Waals surface area contributed by atoms with Crippen molar-refractivity contribution in [2.75, 3.05) is 5.32 Å². The van der Waals surface area contributed by atoms with Crippen molar-refractivity contribution in [2.24, 2.45) is 0 Å². The smallest absolute Gasteiger partial charge is 0.308 e. The number of nitrogens with zero attached hydrogens (tertiary/aromatic N) is 1. The van der Waals surface area contributed by atoms with Gasteiger partial charge in [0, 0.05) is 10.4 Å². The van der Waals surface area contributed by atoms with Crippen LogP contribution in [-0.2, 0) is 11.2 Å². The fraction of sp³-hybridized carbons (Fsp3) is 0.154. The molecule has 0 saturated heterocycles. The molecule has 0 aliphatic rings. The number of carboxylic acids is 1. The van der Waals surface area contributed by atoms with Crippen LogP contribution in [0.1, 0.15) is 20.9 Å². The van der Waals surface area contributed by atoms with Crippen LogP contribution < -0.4 is 5.32 Å². The third-order valence-electron chi connectivity index (χ3n) is 2.51. The van der Waals surface area contributed by atoms with Crippen LogP contribution in [0.3, 0.4) is 0 Å². The van der Waals surface area contributed by atoms with Gasteiger partial charge in [0.05, 0.1) is 12.1 Å². The Morgan fingerprint density at radius 2 is 2.20 bits per heavy atom. The summed E-state index contributed by atoms with van der Waals surface area (Å²) in [5.74, 6) is -1.94. The van der Waals surface area contributed by atoms with Gasteiger partial charge in [-0.1, -0.05) is 6.07 Å². The van der Waals surface area contributed by atoms with Crippen LogP contribution in [0, 0.1) is 12.7 Å². The van der Waals surface area contributed by atoms with Crippen LogP contribution in [0.5, 0.6) is 0 Å². The van der Waals surface area contributed by atoms with Gasteiger partial charge < -0.3 is 5.11 Å². The molecule has 7 heteroatoms. The number of aryl methyl sites for hydroxylation is 1.